The molecule has 0 fully saturated rings. The summed E-state index contributed by atoms with van der Waals surface area (Å²) in [6.45, 7) is 3.90. The van der Waals surface area contributed by atoms with Crippen LogP contribution in [0.2, 0.25) is 0 Å². The zero-order valence-electron chi connectivity index (χ0n) is 11.6. The average molecular weight is 297 g/mol. The normalized spacial score (nSPS) is 18.4. The van der Waals surface area contributed by atoms with Gasteiger partial charge in [0.05, 0.1) is 11.1 Å². The molecule has 1 aromatic heterocycles. The highest BCUT2D eigenvalue weighted by molar-refractivity contribution is 7.15. The van der Waals surface area contributed by atoms with Crippen molar-refractivity contribution in [3.05, 3.63) is 10.6 Å². The van der Waals surface area contributed by atoms with Crippen molar-refractivity contribution in [3.8, 4) is 0 Å². The third-order valence-corrected chi connectivity index (χ3v) is 4.69. The SMILES string of the molecule is CC(C)(CNc1nc2c(s1)CCCC2C(=O)O)C(N)=O. The minimum Gasteiger partial charge on any atom is -0.481 e. The van der Waals surface area contributed by atoms with E-state index in [1.54, 1.807) is 13.8 Å². The van der Waals surface area contributed by atoms with Crippen LogP contribution in [0.4, 0.5) is 5.13 Å². The molecule has 2 rings (SSSR count). The minimum absolute atomic E-state index is 0.380. The molecule has 0 aliphatic heterocycles. The number of nitrogens with zero attached hydrogens (tertiary/aromatic N) is 1. The Hall–Kier alpha value is -1.63. The summed E-state index contributed by atoms with van der Waals surface area (Å²) in [5.41, 5.74) is 5.33. The lowest BCUT2D eigenvalue weighted by Gasteiger charge is -2.20. The second-order valence-electron chi connectivity index (χ2n) is 5.71. The summed E-state index contributed by atoms with van der Waals surface area (Å²) in [5, 5.41) is 13.0. The van der Waals surface area contributed by atoms with E-state index in [1.807, 2.05) is 0 Å². The lowest BCUT2D eigenvalue weighted by Crippen LogP contribution is -2.37. The Morgan fingerprint density at radius 2 is 2.25 bits per heavy atom. The van der Waals surface area contributed by atoms with E-state index in [0.29, 0.717) is 23.8 Å². The van der Waals surface area contributed by atoms with Crippen molar-refractivity contribution in [3.63, 3.8) is 0 Å². The lowest BCUT2D eigenvalue weighted by molar-refractivity contribution is -0.139. The van der Waals surface area contributed by atoms with Gasteiger partial charge in [-0.15, -0.1) is 11.3 Å². The van der Waals surface area contributed by atoms with Crippen molar-refractivity contribution < 1.29 is 14.7 Å². The van der Waals surface area contributed by atoms with Gasteiger partial charge in [0.15, 0.2) is 5.13 Å². The zero-order chi connectivity index (χ0) is 14.9. The standard InChI is InChI=1S/C13H19N3O3S/c1-13(2,11(14)19)6-15-12-16-9-7(10(17)18)4-3-5-8(9)20-12/h7H,3-6H2,1-2H3,(H2,14,19)(H,15,16)(H,17,18). The number of aryl methyl sites for hydroxylation is 1. The Bertz CT molecular complexity index is 539. The molecule has 1 aliphatic carbocycles. The van der Waals surface area contributed by atoms with Crippen molar-refractivity contribution in [1.29, 1.82) is 0 Å². The molecule has 4 N–H and O–H groups in total. The fourth-order valence-corrected chi connectivity index (χ4v) is 3.18. The number of thiazole rings is 1. The lowest BCUT2D eigenvalue weighted by atomic mass is 9.91. The molecule has 1 unspecified atom stereocenters. The number of rotatable bonds is 5. The van der Waals surface area contributed by atoms with Gasteiger partial charge in [-0.2, -0.15) is 0 Å². The van der Waals surface area contributed by atoms with Gasteiger partial charge in [0, 0.05) is 11.4 Å². The maximum Gasteiger partial charge on any atom is 0.312 e. The number of anilines is 1. The zero-order valence-corrected chi connectivity index (χ0v) is 12.4. The van der Waals surface area contributed by atoms with E-state index in [4.69, 9.17) is 5.73 Å². The van der Waals surface area contributed by atoms with Crippen molar-refractivity contribution in [2.45, 2.75) is 39.0 Å². The van der Waals surface area contributed by atoms with Crippen molar-refractivity contribution in [1.82, 2.24) is 4.98 Å². The Balaban J connectivity index is 2.12. The number of nitrogens with one attached hydrogen (secondary N) is 1. The molecule has 7 heteroatoms. The van der Waals surface area contributed by atoms with Crippen molar-refractivity contribution in [2.24, 2.45) is 11.1 Å². The first-order valence-corrected chi connectivity index (χ1v) is 7.39. The number of aromatic nitrogens is 1. The van der Waals surface area contributed by atoms with E-state index < -0.39 is 17.3 Å². The molecule has 1 aliphatic rings. The number of fused-ring (bicyclic) bond motifs is 1. The second-order valence-corrected chi connectivity index (χ2v) is 6.80. The van der Waals surface area contributed by atoms with E-state index >= 15 is 0 Å². The van der Waals surface area contributed by atoms with Crippen LogP contribution in [0.1, 0.15) is 43.2 Å². The molecule has 0 radical (unpaired) electrons. The Labute approximate surface area is 121 Å². The van der Waals surface area contributed by atoms with Crippen LogP contribution in [0.3, 0.4) is 0 Å². The molecule has 0 aromatic carbocycles. The van der Waals surface area contributed by atoms with Crippen LogP contribution in [-0.2, 0) is 16.0 Å². The Morgan fingerprint density at radius 1 is 1.55 bits per heavy atom. The Morgan fingerprint density at radius 3 is 2.85 bits per heavy atom. The summed E-state index contributed by atoms with van der Waals surface area (Å²) in [6, 6.07) is 0. The summed E-state index contributed by atoms with van der Waals surface area (Å²) in [7, 11) is 0. The van der Waals surface area contributed by atoms with Crippen LogP contribution < -0.4 is 11.1 Å². The molecule has 1 heterocycles. The number of carboxylic acid groups (broad SMARTS) is 1. The van der Waals surface area contributed by atoms with E-state index in [0.717, 1.165) is 17.7 Å². The van der Waals surface area contributed by atoms with E-state index in [2.05, 4.69) is 10.3 Å². The van der Waals surface area contributed by atoms with Crippen molar-refractivity contribution in [2.75, 3.05) is 11.9 Å². The summed E-state index contributed by atoms with van der Waals surface area (Å²) in [6.07, 6.45) is 2.38. The second kappa shape index (κ2) is 5.40. The number of carbonyl (C=O) groups excluding carboxylic acids is 1. The van der Waals surface area contributed by atoms with Gasteiger partial charge in [0.2, 0.25) is 5.91 Å². The molecule has 0 bridgehead atoms. The highest BCUT2D eigenvalue weighted by Crippen LogP contribution is 2.37. The average Bonchev–Trinajstić information content (AvgIpc) is 2.78. The van der Waals surface area contributed by atoms with E-state index in [-0.39, 0.29) is 5.91 Å². The molecule has 20 heavy (non-hydrogen) atoms. The molecule has 110 valence electrons. The summed E-state index contributed by atoms with van der Waals surface area (Å²) < 4.78 is 0. The van der Waals surface area contributed by atoms with E-state index in [1.165, 1.54) is 11.3 Å². The Kier molecular flexibility index (Phi) is 3.99. The molecule has 1 atom stereocenters. The maximum absolute atomic E-state index is 11.3. The van der Waals surface area contributed by atoms with Gasteiger partial charge in [-0.3, -0.25) is 9.59 Å². The summed E-state index contributed by atoms with van der Waals surface area (Å²) in [5.74, 6) is -1.70. The number of primary amides is 1. The predicted octanol–water partition coefficient (Wildman–Crippen LogP) is 1.57. The van der Waals surface area contributed by atoms with Crippen LogP contribution >= 0.6 is 11.3 Å². The number of carbonyl (C=O) groups is 2. The molecule has 6 nitrogen and oxygen atoms in total. The van der Waals surface area contributed by atoms with Gasteiger partial charge in [0.25, 0.3) is 0 Å². The highest BCUT2D eigenvalue weighted by Gasteiger charge is 2.31. The first-order chi connectivity index (χ1) is 9.31. The fraction of sp³-hybridized carbons (Fsp3) is 0.615. The molecule has 0 saturated carbocycles. The number of hydrogen-bond donors (Lipinski definition) is 3. The van der Waals surface area contributed by atoms with E-state index in [9.17, 15) is 14.7 Å². The van der Waals surface area contributed by atoms with Gasteiger partial charge < -0.3 is 16.2 Å². The van der Waals surface area contributed by atoms with Crippen LogP contribution in [-0.4, -0.2) is 28.5 Å². The third kappa shape index (κ3) is 2.92. The smallest absolute Gasteiger partial charge is 0.312 e. The quantitative estimate of drug-likeness (QED) is 0.765. The highest BCUT2D eigenvalue weighted by atomic mass is 32.1. The van der Waals surface area contributed by atoms with Crippen LogP contribution in [0.25, 0.3) is 0 Å². The summed E-state index contributed by atoms with van der Waals surface area (Å²) in [4.78, 5) is 27.9. The van der Waals surface area contributed by atoms with Gasteiger partial charge in [-0.1, -0.05) is 0 Å². The molecular weight excluding hydrogens is 278 g/mol. The molecule has 1 aromatic rings. The summed E-state index contributed by atoms with van der Waals surface area (Å²) >= 11 is 1.47. The predicted molar refractivity (Wildman–Crippen MR) is 76.9 cm³/mol. The number of hydrogen-bond acceptors (Lipinski definition) is 5. The van der Waals surface area contributed by atoms with Crippen LogP contribution in [0.15, 0.2) is 0 Å². The number of aliphatic carboxylic acids is 1. The first kappa shape index (κ1) is 14.8. The molecule has 1 amide bonds. The van der Waals surface area contributed by atoms with Gasteiger partial charge in [-0.05, 0) is 33.1 Å². The molecule has 0 saturated heterocycles. The first-order valence-electron chi connectivity index (χ1n) is 6.57. The number of carboxylic acids is 1. The minimum atomic E-state index is -0.819. The largest absolute Gasteiger partial charge is 0.481 e. The number of nitrogens with two attached hydrogens (primary N) is 1. The van der Waals surface area contributed by atoms with Gasteiger partial charge >= 0.3 is 5.97 Å². The topological polar surface area (TPSA) is 105 Å². The number of amides is 1. The molecule has 0 spiro atoms. The third-order valence-electron chi connectivity index (χ3n) is 3.60. The van der Waals surface area contributed by atoms with Crippen molar-refractivity contribution >= 4 is 28.3 Å². The maximum atomic E-state index is 11.3. The van der Waals surface area contributed by atoms with Crippen LogP contribution in [0.5, 0.6) is 0 Å². The van der Waals surface area contributed by atoms with Gasteiger partial charge in [0.1, 0.15) is 5.92 Å². The fourth-order valence-electron chi connectivity index (χ4n) is 2.12. The van der Waals surface area contributed by atoms with Gasteiger partial charge in [-0.25, -0.2) is 4.98 Å². The van der Waals surface area contributed by atoms with Crippen LogP contribution in [0, 0.1) is 5.41 Å². The molecular formula is C13H19N3O3S. The monoisotopic (exact) mass is 297 g/mol.